The summed E-state index contributed by atoms with van der Waals surface area (Å²) in [7, 11) is 0. The highest BCUT2D eigenvalue weighted by Crippen LogP contribution is 2.34. The van der Waals surface area contributed by atoms with E-state index in [0.717, 1.165) is 6.54 Å². The Morgan fingerprint density at radius 3 is 2.40 bits per heavy atom. The zero-order valence-electron chi connectivity index (χ0n) is 12.7. The van der Waals surface area contributed by atoms with Crippen molar-refractivity contribution in [2.24, 2.45) is 0 Å². The maximum atomic E-state index is 3.57. The molecule has 0 unspecified atom stereocenters. The van der Waals surface area contributed by atoms with Gasteiger partial charge in [0.2, 0.25) is 0 Å². The zero-order chi connectivity index (χ0) is 14.2. The van der Waals surface area contributed by atoms with Crippen LogP contribution >= 0.6 is 0 Å². The van der Waals surface area contributed by atoms with Crippen molar-refractivity contribution in [1.82, 2.24) is 0 Å². The fraction of sp³-hybridized carbons (Fsp3) is 0.368. The number of benzene rings is 2. The van der Waals surface area contributed by atoms with E-state index < -0.39 is 0 Å². The van der Waals surface area contributed by atoms with Crippen molar-refractivity contribution in [3.63, 3.8) is 0 Å². The van der Waals surface area contributed by atoms with Crippen molar-refractivity contribution in [2.45, 2.75) is 39.0 Å². The van der Waals surface area contributed by atoms with Gasteiger partial charge < -0.3 is 5.32 Å². The molecule has 0 aliphatic carbocycles. The van der Waals surface area contributed by atoms with Crippen molar-refractivity contribution in [1.29, 1.82) is 0 Å². The van der Waals surface area contributed by atoms with E-state index >= 15 is 0 Å². The summed E-state index contributed by atoms with van der Waals surface area (Å²) in [5, 5.41) is 3.57. The molecule has 0 fully saturated rings. The molecule has 20 heavy (non-hydrogen) atoms. The Kier molecular flexibility index (Phi) is 3.29. The second-order valence-electron chi connectivity index (χ2n) is 6.70. The zero-order valence-corrected chi connectivity index (χ0v) is 12.7. The molecule has 3 rings (SSSR count). The molecule has 0 amide bonds. The summed E-state index contributed by atoms with van der Waals surface area (Å²) < 4.78 is 0. The van der Waals surface area contributed by atoms with E-state index in [0.29, 0.717) is 0 Å². The highest BCUT2D eigenvalue weighted by Gasteiger charge is 2.15. The lowest BCUT2D eigenvalue weighted by Gasteiger charge is -2.22. The van der Waals surface area contributed by atoms with Gasteiger partial charge in [-0.15, -0.1) is 0 Å². The first-order valence-electron chi connectivity index (χ1n) is 7.52. The Morgan fingerprint density at radius 2 is 1.70 bits per heavy atom. The van der Waals surface area contributed by atoms with Crippen molar-refractivity contribution in [3.05, 3.63) is 53.6 Å². The Balaban J connectivity index is 2.01. The first-order chi connectivity index (χ1) is 9.55. The van der Waals surface area contributed by atoms with Gasteiger partial charge in [0.05, 0.1) is 0 Å². The monoisotopic (exact) mass is 265 g/mol. The molecule has 2 aromatic carbocycles. The average Bonchev–Trinajstić information content (AvgIpc) is 2.46. The van der Waals surface area contributed by atoms with Crippen LogP contribution in [0, 0.1) is 0 Å². The largest absolute Gasteiger partial charge is 0.384 e. The average molecular weight is 265 g/mol. The summed E-state index contributed by atoms with van der Waals surface area (Å²) in [4.78, 5) is 0. The predicted molar refractivity (Wildman–Crippen MR) is 87.4 cm³/mol. The molecule has 0 saturated heterocycles. The van der Waals surface area contributed by atoms with Gasteiger partial charge in [0.15, 0.2) is 0 Å². The third-order valence-corrected chi connectivity index (χ3v) is 4.14. The SMILES string of the molecule is CC(C)(C)c1ccc(-c2cccc3c2NCCC3)cc1. The van der Waals surface area contributed by atoms with Crippen molar-refractivity contribution in [2.75, 3.05) is 11.9 Å². The van der Waals surface area contributed by atoms with Gasteiger partial charge in [-0.05, 0) is 34.9 Å². The summed E-state index contributed by atoms with van der Waals surface area (Å²) >= 11 is 0. The first kappa shape index (κ1) is 13.2. The maximum absolute atomic E-state index is 3.57. The Bertz CT molecular complexity index is 603. The molecule has 1 heterocycles. The molecular weight excluding hydrogens is 242 g/mol. The van der Waals surface area contributed by atoms with Crippen LogP contribution in [0.5, 0.6) is 0 Å². The van der Waals surface area contributed by atoms with Crippen LogP contribution in [0.4, 0.5) is 5.69 Å². The number of hydrogen-bond acceptors (Lipinski definition) is 1. The van der Waals surface area contributed by atoms with E-state index in [4.69, 9.17) is 0 Å². The van der Waals surface area contributed by atoms with Crippen molar-refractivity contribution in [3.8, 4) is 11.1 Å². The molecule has 0 spiro atoms. The van der Waals surface area contributed by atoms with E-state index in [1.54, 1.807) is 0 Å². The molecule has 0 atom stereocenters. The molecule has 1 nitrogen and oxygen atoms in total. The fourth-order valence-electron chi connectivity index (χ4n) is 2.90. The molecule has 1 N–H and O–H groups in total. The second-order valence-corrected chi connectivity index (χ2v) is 6.70. The molecule has 104 valence electrons. The molecule has 0 saturated carbocycles. The Hall–Kier alpha value is -1.76. The molecule has 0 aromatic heterocycles. The lowest BCUT2D eigenvalue weighted by Crippen LogP contribution is -2.13. The van der Waals surface area contributed by atoms with Crippen molar-refractivity contribution < 1.29 is 0 Å². The molecule has 0 bridgehead atoms. The van der Waals surface area contributed by atoms with E-state index in [1.165, 1.54) is 40.8 Å². The highest BCUT2D eigenvalue weighted by molar-refractivity contribution is 5.81. The minimum absolute atomic E-state index is 0.215. The first-order valence-corrected chi connectivity index (χ1v) is 7.52. The normalized spacial score (nSPS) is 14.6. The minimum Gasteiger partial charge on any atom is -0.384 e. The highest BCUT2D eigenvalue weighted by atomic mass is 14.9. The van der Waals surface area contributed by atoms with Crippen molar-refractivity contribution >= 4 is 5.69 Å². The lowest BCUT2D eigenvalue weighted by atomic mass is 9.86. The van der Waals surface area contributed by atoms with Gasteiger partial charge >= 0.3 is 0 Å². The second kappa shape index (κ2) is 4.97. The molecular formula is C19H23N. The summed E-state index contributed by atoms with van der Waals surface area (Å²) in [6.45, 7) is 7.86. The minimum atomic E-state index is 0.215. The standard InChI is InChI=1S/C19H23N/c1-19(2,3)16-11-9-14(10-12-16)17-8-4-6-15-7-5-13-20-18(15)17/h4,6,8-12,20H,5,7,13H2,1-3H3. The molecule has 1 aliphatic heterocycles. The number of fused-ring (bicyclic) bond motifs is 1. The molecule has 1 aliphatic rings. The van der Waals surface area contributed by atoms with Gasteiger partial charge in [0, 0.05) is 17.8 Å². The predicted octanol–water partition coefficient (Wildman–Crippen LogP) is 5.01. The number of aryl methyl sites for hydroxylation is 1. The van der Waals surface area contributed by atoms with Crippen LogP contribution in [0.1, 0.15) is 38.3 Å². The van der Waals surface area contributed by atoms with Crippen LogP contribution in [-0.2, 0) is 11.8 Å². The van der Waals surface area contributed by atoms with Gasteiger partial charge in [0.25, 0.3) is 0 Å². The Morgan fingerprint density at radius 1 is 0.950 bits per heavy atom. The van der Waals surface area contributed by atoms with E-state index in [1.807, 2.05) is 0 Å². The number of nitrogens with one attached hydrogen (secondary N) is 1. The third kappa shape index (κ3) is 2.45. The number of hydrogen-bond donors (Lipinski definition) is 1. The van der Waals surface area contributed by atoms with Crippen LogP contribution in [0.3, 0.4) is 0 Å². The van der Waals surface area contributed by atoms with Gasteiger partial charge in [-0.3, -0.25) is 0 Å². The maximum Gasteiger partial charge on any atom is 0.0452 e. The van der Waals surface area contributed by atoms with Gasteiger partial charge in [-0.2, -0.15) is 0 Å². The summed E-state index contributed by atoms with van der Waals surface area (Å²) in [5.41, 5.74) is 7.04. The number of anilines is 1. The summed E-state index contributed by atoms with van der Waals surface area (Å²) in [6.07, 6.45) is 2.43. The van der Waals surface area contributed by atoms with E-state index in [2.05, 4.69) is 68.6 Å². The quantitative estimate of drug-likeness (QED) is 0.764. The summed E-state index contributed by atoms with van der Waals surface area (Å²) in [5.74, 6) is 0. The van der Waals surface area contributed by atoms with Gasteiger partial charge in [-0.25, -0.2) is 0 Å². The van der Waals surface area contributed by atoms with Crippen LogP contribution < -0.4 is 5.32 Å². The van der Waals surface area contributed by atoms with Crippen LogP contribution in [0.25, 0.3) is 11.1 Å². The number of rotatable bonds is 1. The number of para-hydroxylation sites is 1. The van der Waals surface area contributed by atoms with E-state index in [-0.39, 0.29) is 5.41 Å². The smallest absolute Gasteiger partial charge is 0.0452 e. The van der Waals surface area contributed by atoms with Crippen LogP contribution in [0.15, 0.2) is 42.5 Å². The topological polar surface area (TPSA) is 12.0 Å². The summed E-state index contributed by atoms with van der Waals surface area (Å²) in [6, 6.07) is 15.7. The van der Waals surface area contributed by atoms with Crippen LogP contribution in [-0.4, -0.2) is 6.54 Å². The third-order valence-electron chi connectivity index (χ3n) is 4.14. The van der Waals surface area contributed by atoms with Gasteiger partial charge in [0.1, 0.15) is 0 Å². The van der Waals surface area contributed by atoms with Crippen LogP contribution in [0.2, 0.25) is 0 Å². The molecule has 1 heteroatoms. The molecule has 2 aromatic rings. The lowest BCUT2D eigenvalue weighted by molar-refractivity contribution is 0.590. The Labute approximate surface area is 122 Å². The van der Waals surface area contributed by atoms with Gasteiger partial charge in [-0.1, -0.05) is 63.2 Å². The fourth-order valence-corrected chi connectivity index (χ4v) is 2.90. The molecule has 0 radical (unpaired) electrons. The van der Waals surface area contributed by atoms with E-state index in [9.17, 15) is 0 Å².